The molecular weight excluding hydrogens is 170 g/mol. The summed E-state index contributed by atoms with van der Waals surface area (Å²) in [5, 5.41) is 0. The van der Waals surface area contributed by atoms with Crippen LogP contribution in [0.4, 0.5) is 0 Å². The maximum Gasteiger partial charge on any atom is 0.0402 e. The fraction of sp³-hybridized carbons (Fsp3) is 0.538. The Morgan fingerprint density at radius 2 is 1.79 bits per heavy atom. The van der Waals surface area contributed by atoms with Crippen LogP contribution in [0, 0.1) is 0 Å². The first-order valence-corrected chi connectivity index (χ1v) is 5.71. The molecule has 1 nitrogen and oxygen atoms in total. The van der Waals surface area contributed by atoms with Gasteiger partial charge in [0.15, 0.2) is 0 Å². The number of likely N-dealkylation sites (N-methyl/N-ethyl adjacent to an activating group) is 1. The highest BCUT2D eigenvalue weighted by Gasteiger charge is 2.21. The Bertz CT molecular complexity index is 303. The molecule has 76 valence electrons. The van der Waals surface area contributed by atoms with E-state index in [0.717, 1.165) is 19.5 Å². The highest BCUT2D eigenvalue weighted by atomic mass is 15.1. The predicted molar refractivity (Wildman–Crippen MR) is 61.0 cm³/mol. The van der Waals surface area contributed by atoms with Crippen LogP contribution in [0.5, 0.6) is 0 Å². The summed E-state index contributed by atoms with van der Waals surface area (Å²) in [5.41, 5.74) is 4.54. The summed E-state index contributed by atoms with van der Waals surface area (Å²) >= 11 is 0. The summed E-state index contributed by atoms with van der Waals surface area (Å²) in [6, 6.07) is 0. The lowest BCUT2D eigenvalue weighted by Gasteiger charge is -2.25. The standard InChI is InChI=1S/C13H19N/c1-3-14(4-2)13-10-9-11-7-5-6-8-12(11)13/h7-8,10H,3-6,9H2,1-2H3. The topological polar surface area (TPSA) is 3.24 Å². The van der Waals surface area contributed by atoms with Gasteiger partial charge >= 0.3 is 0 Å². The monoisotopic (exact) mass is 189 g/mol. The van der Waals surface area contributed by atoms with Crippen LogP contribution in [-0.2, 0) is 0 Å². The van der Waals surface area contributed by atoms with Gasteiger partial charge in [-0.1, -0.05) is 18.2 Å². The number of hydrogen-bond donors (Lipinski definition) is 0. The van der Waals surface area contributed by atoms with Gasteiger partial charge in [0, 0.05) is 18.8 Å². The van der Waals surface area contributed by atoms with Crippen LogP contribution in [-0.4, -0.2) is 18.0 Å². The molecule has 14 heavy (non-hydrogen) atoms. The van der Waals surface area contributed by atoms with Crippen LogP contribution < -0.4 is 0 Å². The SMILES string of the molecule is CCN(CC)C1=CCC2=CCCC=C21. The molecule has 0 aromatic heterocycles. The largest absolute Gasteiger partial charge is 0.372 e. The van der Waals surface area contributed by atoms with Crippen LogP contribution in [0.15, 0.2) is 35.1 Å². The quantitative estimate of drug-likeness (QED) is 0.658. The molecule has 1 heteroatoms. The van der Waals surface area contributed by atoms with Crippen LogP contribution in [0.3, 0.4) is 0 Å². The average Bonchev–Trinajstić information content (AvgIpc) is 2.65. The Balaban J connectivity index is 2.22. The first kappa shape index (κ1) is 9.57. The predicted octanol–water partition coefficient (Wildman–Crippen LogP) is 3.26. The molecule has 0 spiro atoms. The first-order valence-electron chi connectivity index (χ1n) is 5.71. The number of hydrogen-bond acceptors (Lipinski definition) is 1. The summed E-state index contributed by atoms with van der Waals surface area (Å²) < 4.78 is 0. The molecule has 0 aliphatic heterocycles. The van der Waals surface area contributed by atoms with Gasteiger partial charge in [-0.25, -0.2) is 0 Å². The third-order valence-corrected chi connectivity index (χ3v) is 3.15. The van der Waals surface area contributed by atoms with Crippen molar-refractivity contribution in [2.75, 3.05) is 13.1 Å². The summed E-state index contributed by atoms with van der Waals surface area (Å²) in [4.78, 5) is 2.46. The number of allylic oxidation sites excluding steroid dienone is 4. The molecule has 0 amide bonds. The van der Waals surface area contributed by atoms with E-state index in [1.807, 2.05) is 0 Å². The highest BCUT2D eigenvalue weighted by Crippen LogP contribution is 2.35. The second-order valence-corrected chi connectivity index (χ2v) is 3.89. The van der Waals surface area contributed by atoms with Crippen molar-refractivity contribution in [2.45, 2.75) is 33.1 Å². The van der Waals surface area contributed by atoms with Gasteiger partial charge in [-0.3, -0.25) is 0 Å². The van der Waals surface area contributed by atoms with E-state index in [4.69, 9.17) is 0 Å². The Kier molecular flexibility index (Phi) is 2.76. The van der Waals surface area contributed by atoms with E-state index in [1.54, 1.807) is 5.57 Å². The van der Waals surface area contributed by atoms with E-state index in [9.17, 15) is 0 Å². The molecule has 0 saturated heterocycles. The van der Waals surface area contributed by atoms with Gasteiger partial charge < -0.3 is 4.90 Å². The highest BCUT2D eigenvalue weighted by molar-refractivity contribution is 5.53. The molecule has 0 aromatic rings. The number of rotatable bonds is 3. The molecule has 0 saturated carbocycles. The zero-order valence-corrected chi connectivity index (χ0v) is 9.21. The van der Waals surface area contributed by atoms with Gasteiger partial charge in [0.1, 0.15) is 0 Å². The molecular formula is C13H19N. The third kappa shape index (κ3) is 1.52. The zero-order chi connectivity index (χ0) is 9.97. The molecule has 2 aliphatic carbocycles. The Labute approximate surface area is 86.8 Å². The van der Waals surface area contributed by atoms with Crippen LogP contribution in [0.2, 0.25) is 0 Å². The molecule has 0 atom stereocenters. The van der Waals surface area contributed by atoms with Crippen molar-refractivity contribution in [3.8, 4) is 0 Å². The minimum atomic E-state index is 1.12. The van der Waals surface area contributed by atoms with Gasteiger partial charge in [0.2, 0.25) is 0 Å². The zero-order valence-electron chi connectivity index (χ0n) is 9.21. The Morgan fingerprint density at radius 1 is 1.07 bits per heavy atom. The van der Waals surface area contributed by atoms with Crippen LogP contribution in [0.1, 0.15) is 33.1 Å². The Hall–Kier alpha value is -0.980. The molecule has 2 aliphatic rings. The van der Waals surface area contributed by atoms with Crippen molar-refractivity contribution in [3.05, 3.63) is 35.1 Å². The lowest BCUT2D eigenvalue weighted by Crippen LogP contribution is -2.22. The molecule has 0 bridgehead atoms. The van der Waals surface area contributed by atoms with Crippen molar-refractivity contribution < 1.29 is 0 Å². The van der Waals surface area contributed by atoms with E-state index in [1.165, 1.54) is 24.1 Å². The molecule has 0 unspecified atom stereocenters. The van der Waals surface area contributed by atoms with Gasteiger partial charge in [0.05, 0.1) is 0 Å². The van der Waals surface area contributed by atoms with Crippen molar-refractivity contribution >= 4 is 0 Å². The summed E-state index contributed by atoms with van der Waals surface area (Å²) in [6.07, 6.45) is 10.8. The van der Waals surface area contributed by atoms with Crippen LogP contribution >= 0.6 is 0 Å². The fourth-order valence-electron chi connectivity index (χ4n) is 2.37. The first-order chi connectivity index (χ1) is 6.86. The second-order valence-electron chi connectivity index (χ2n) is 3.89. The van der Waals surface area contributed by atoms with Crippen molar-refractivity contribution in [1.29, 1.82) is 0 Å². The van der Waals surface area contributed by atoms with Gasteiger partial charge in [-0.05, 0) is 44.3 Å². The maximum absolute atomic E-state index is 2.46. The number of fused-ring (bicyclic) bond motifs is 1. The van der Waals surface area contributed by atoms with Gasteiger partial charge in [-0.2, -0.15) is 0 Å². The van der Waals surface area contributed by atoms with Gasteiger partial charge in [-0.15, -0.1) is 0 Å². The molecule has 0 fully saturated rings. The summed E-state index contributed by atoms with van der Waals surface area (Å²) in [6.45, 7) is 6.70. The lowest BCUT2D eigenvalue weighted by atomic mass is 9.99. The van der Waals surface area contributed by atoms with Crippen LogP contribution in [0.25, 0.3) is 0 Å². The molecule has 0 N–H and O–H groups in total. The van der Waals surface area contributed by atoms with E-state index in [0.29, 0.717) is 0 Å². The van der Waals surface area contributed by atoms with E-state index < -0.39 is 0 Å². The maximum atomic E-state index is 2.46. The molecule has 0 aromatic carbocycles. The fourth-order valence-corrected chi connectivity index (χ4v) is 2.37. The molecule has 0 heterocycles. The second kappa shape index (κ2) is 4.04. The molecule has 0 radical (unpaired) electrons. The van der Waals surface area contributed by atoms with Gasteiger partial charge in [0.25, 0.3) is 0 Å². The van der Waals surface area contributed by atoms with E-state index in [-0.39, 0.29) is 0 Å². The summed E-state index contributed by atoms with van der Waals surface area (Å²) in [7, 11) is 0. The van der Waals surface area contributed by atoms with Crippen molar-refractivity contribution in [2.24, 2.45) is 0 Å². The Morgan fingerprint density at radius 3 is 2.50 bits per heavy atom. The lowest BCUT2D eigenvalue weighted by molar-refractivity contribution is 0.392. The summed E-state index contributed by atoms with van der Waals surface area (Å²) in [5.74, 6) is 0. The van der Waals surface area contributed by atoms with Crippen molar-refractivity contribution in [3.63, 3.8) is 0 Å². The normalized spacial score (nSPS) is 19.7. The van der Waals surface area contributed by atoms with E-state index in [2.05, 4.69) is 37.0 Å². The third-order valence-electron chi connectivity index (χ3n) is 3.15. The number of nitrogens with zero attached hydrogens (tertiary/aromatic N) is 1. The average molecular weight is 189 g/mol. The smallest absolute Gasteiger partial charge is 0.0402 e. The minimum Gasteiger partial charge on any atom is -0.372 e. The van der Waals surface area contributed by atoms with Crippen molar-refractivity contribution in [1.82, 2.24) is 4.90 Å². The molecule has 2 rings (SSSR count). The van der Waals surface area contributed by atoms with E-state index >= 15 is 0 Å². The minimum absolute atomic E-state index is 1.12.